The summed E-state index contributed by atoms with van der Waals surface area (Å²) in [5, 5.41) is 4.23. The van der Waals surface area contributed by atoms with Gasteiger partial charge in [0.15, 0.2) is 0 Å². The van der Waals surface area contributed by atoms with E-state index in [0.717, 1.165) is 0 Å². The Morgan fingerprint density at radius 2 is 2.00 bits per heavy atom. The summed E-state index contributed by atoms with van der Waals surface area (Å²) in [6, 6.07) is 9.57. The number of amides is 1. The van der Waals surface area contributed by atoms with E-state index in [1.807, 2.05) is 6.92 Å². The van der Waals surface area contributed by atoms with Crippen molar-refractivity contribution in [2.24, 2.45) is 11.6 Å². The molecule has 166 valence electrons. The molecule has 2 aromatic heterocycles. The van der Waals surface area contributed by atoms with Crippen molar-refractivity contribution in [3.63, 3.8) is 0 Å². The molecule has 1 aromatic carbocycles. The highest BCUT2D eigenvalue weighted by Gasteiger charge is 2.35. The van der Waals surface area contributed by atoms with E-state index in [-0.39, 0.29) is 22.7 Å². The number of nitrogens with one attached hydrogen (secondary N) is 1. The van der Waals surface area contributed by atoms with Crippen molar-refractivity contribution in [1.82, 2.24) is 24.9 Å². The third kappa shape index (κ3) is 4.18. The first-order chi connectivity index (χ1) is 15.3. The van der Waals surface area contributed by atoms with Gasteiger partial charge in [-0.05, 0) is 31.2 Å². The highest BCUT2D eigenvalue weighted by atomic mass is 19.1. The number of ether oxygens (including phenoxy) is 1. The maximum Gasteiger partial charge on any atom is 0.253 e. The number of nitrogens with zero attached hydrogens (tertiary/aromatic N) is 4. The van der Waals surface area contributed by atoms with Crippen LogP contribution in [0, 0.1) is 5.82 Å². The molecule has 9 nitrogen and oxygen atoms in total. The molecule has 0 atom stereocenters. The molecule has 5 N–H and O–H groups in total. The maximum atomic E-state index is 14.2. The molecule has 0 unspecified atom stereocenters. The van der Waals surface area contributed by atoms with Crippen molar-refractivity contribution in [3.8, 4) is 5.82 Å². The lowest BCUT2D eigenvalue weighted by atomic mass is 10.0. The van der Waals surface area contributed by atoms with Crippen molar-refractivity contribution in [2.75, 3.05) is 20.3 Å². The van der Waals surface area contributed by atoms with Crippen LogP contribution in [0.2, 0.25) is 0 Å². The van der Waals surface area contributed by atoms with Crippen LogP contribution in [0.5, 0.6) is 0 Å². The Kier molecular flexibility index (Phi) is 5.64. The summed E-state index contributed by atoms with van der Waals surface area (Å²) in [6.45, 7) is 2.91. The van der Waals surface area contributed by atoms with Crippen molar-refractivity contribution in [2.45, 2.75) is 12.5 Å². The summed E-state index contributed by atoms with van der Waals surface area (Å²) in [7, 11) is 1.60. The second-order valence-corrected chi connectivity index (χ2v) is 7.93. The zero-order valence-electron chi connectivity index (χ0n) is 17.7. The van der Waals surface area contributed by atoms with E-state index < -0.39 is 5.82 Å². The second-order valence-electron chi connectivity index (χ2n) is 7.93. The average Bonchev–Trinajstić information content (AvgIpc) is 3.22. The van der Waals surface area contributed by atoms with Crippen LogP contribution in [0.25, 0.3) is 17.2 Å². The van der Waals surface area contributed by atoms with Gasteiger partial charge < -0.3 is 20.8 Å². The Labute approximate surface area is 184 Å². The monoisotopic (exact) mass is 437 g/mol. The van der Waals surface area contributed by atoms with E-state index in [0.29, 0.717) is 36.0 Å². The topological polar surface area (TPSA) is 124 Å². The predicted octanol–water partition coefficient (Wildman–Crippen LogP) is 1.52. The molecular weight excluding hydrogens is 413 g/mol. The van der Waals surface area contributed by atoms with Crippen molar-refractivity contribution >= 4 is 17.3 Å². The summed E-state index contributed by atoms with van der Waals surface area (Å²) < 4.78 is 21.1. The number of benzene rings is 1. The van der Waals surface area contributed by atoms with Gasteiger partial charge in [0.2, 0.25) is 0 Å². The summed E-state index contributed by atoms with van der Waals surface area (Å²) >= 11 is 0. The molecule has 4 rings (SSSR count). The highest BCUT2D eigenvalue weighted by molar-refractivity contribution is 5.94. The lowest BCUT2D eigenvalue weighted by molar-refractivity contribution is -0.0593. The van der Waals surface area contributed by atoms with Crippen LogP contribution in [0.3, 0.4) is 0 Å². The van der Waals surface area contributed by atoms with Crippen molar-refractivity contribution in [3.05, 3.63) is 77.8 Å². The summed E-state index contributed by atoms with van der Waals surface area (Å²) in [6.07, 6.45) is 4.72. The van der Waals surface area contributed by atoms with E-state index in [1.54, 1.807) is 54.5 Å². The molecule has 1 aliphatic heterocycles. The zero-order valence-corrected chi connectivity index (χ0v) is 17.7. The summed E-state index contributed by atoms with van der Waals surface area (Å²) in [4.78, 5) is 21.1. The lowest BCUT2D eigenvalue weighted by Crippen LogP contribution is -2.59. The Morgan fingerprint density at radius 3 is 2.59 bits per heavy atom. The smallest absolute Gasteiger partial charge is 0.253 e. The van der Waals surface area contributed by atoms with E-state index in [9.17, 15) is 9.18 Å². The highest BCUT2D eigenvalue weighted by Crippen LogP contribution is 2.25. The third-order valence-corrected chi connectivity index (χ3v) is 5.13. The molecule has 3 heterocycles. The minimum absolute atomic E-state index is 0.159. The molecule has 10 heteroatoms. The van der Waals surface area contributed by atoms with Crippen LogP contribution in [0.15, 0.2) is 55.1 Å². The van der Waals surface area contributed by atoms with Gasteiger partial charge >= 0.3 is 0 Å². The van der Waals surface area contributed by atoms with Crippen LogP contribution in [0.4, 0.5) is 4.39 Å². The van der Waals surface area contributed by atoms with Gasteiger partial charge in [-0.1, -0.05) is 12.1 Å². The Balaban J connectivity index is 1.59. The standard InChI is InChI=1S/C22H24FN7O2/c1-22(11-32-12-22)28-21(31)14-7-8-18(26-9-14)30-10-17(27-13-30)20(29(2)25)19(24)15-5-3-4-6-16(15)23/h3-10,13H,11-12,24-25H2,1-2H3,(H,28,31)/b20-19-. The number of hydrogen-bond donors (Lipinski definition) is 3. The van der Waals surface area contributed by atoms with Crippen LogP contribution in [0.1, 0.15) is 28.5 Å². The second kappa shape index (κ2) is 8.40. The minimum atomic E-state index is -0.457. The summed E-state index contributed by atoms with van der Waals surface area (Å²) in [5.41, 5.74) is 7.53. The predicted molar refractivity (Wildman–Crippen MR) is 117 cm³/mol. The quantitative estimate of drug-likeness (QED) is 0.394. The molecule has 3 aromatic rings. The lowest BCUT2D eigenvalue weighted by Gasteiger charge is -2.38. The number of carbonyl (C=O) groups excluding carboxylic acids is 1. The number of nitrogens with two attached hydrogens (primary N) is 2. The van der Waals surface area contributed by atoms with Gasteiger partial charge in [-0.3, -0.25) is 9.36 Å². The first-order valence-electron chi connectivity index (χ1n) is 9.91. The number of pyridine rings is 1. The Hall–Kier alpha value is -3.76. The van der Waals surface area contributed by atoms with Gasteiger partial charge in [0.25, 0.3) is 5.91 Å². The van der Waals surface area contributed by atoms with Crippen LogP contribution < -0.4 is 16.9 Å². The molecule has 0 spiro atoms. The van der Waals surface area contributed by atoms with Gasteiger partial charge in [-0.2, -0.15) is 0 Å². The number of carbonyl (C=O) groups is 1. The SMILES string of the molecule is CN(N)/C(=C(\N)c1ccccc1F)c1cn(-c2ccc(C(=O)NC3(C)COC3)cn2)cn1. The fourth-order valence-electron chi connectivity index (χ4n) is 3.39. The largest absolute Gasteiger partial charge is 0.396 e. The minimum Gasteiger partial charge on any atom is -0.396 e. The van der Waals surface area contributed by atoms with Gasteiger partial charge in [-0.15, -0.1) is 0 Å². The van der Waals surface area contributed by atoms with Crippen LogP contribution in [-0.2, 0) is 4.74 Å². The molecule has 1 amide bonds. The molecular formula is C22H24FN7O2. The maximum absolute atomic E-state index is 14.2. The van der Waals surface area contributed by atoms with Crippen molar-refractivity contribution < 1.29 is 13.9 Å². The number of halogens is 1. The van der Waals surface area contributed by atoms with E-state index in [1.165, 1.54) is 17.3 Å². The number of aromatic nitrogens is 3. The molecule has 1 fully saturated rings. The van der Waals surface area contributed by atoms with E-state index in [4.69, 9.17) is 16.3 Å². The normalized spacial score (nSPS) is 15.5. The van der Waals surface area contributed by atoms with E-state index >= 15 is 0 Å². The first kappa shape index (κ1) is 21.5. The average molecular weight is 437 g/mol. The van der Waals surface area contributed by atoms with Gasteiger partial charge in [0, 0.05) is 25.0 Å². The number of imidazole rings is 1. The first-order valence-corrected chi connectivity index (χ1v) is 9.91. The van der Waals surface area contributed by atoms with Gasteiger partial charge in [-0.25, -0.2) is 20.2 Å². The number of hydrazine groups is 1. The fraction of sp³-hybridized carbons (Fsp3) is 0.227. The molecule has 1 saturated heterocycles. The zero-order chi connectivity index (χ0) is 22.9. The molecule has 0 bridgehead atoms. The number of rotatable bonds is 6. The molecule has 1 aliphatic rings. The van der Waals surface area contributed by atoms with Crippen LogP contribution >= 0.6 is 0 Å². The van der Waals surface area contributed by atoms with E-state index in [2.05, 4.69) is 15.3 Å². The number of hydrogen-bond acceptors (Lipinski definition) is 7. The molecule has 0 radical (unpaired) electrons. The Morgan fingerprint density at radius 1 is 1.25 bits per heavy atom. The molecule has 32 heavy (non-hydrogen) atoms. The summed E-state index contributed by atoms with van der Waals surface area (Å²) in [5.74, 6) is 5.85. The molecule has 0 saturated carbocycles. The van der Waals surface area contributed by atoms with Gasteiger partial charge in [0.05, 0.1) is 30.0 Å². The third-order valence-electron chi connectivity index (χ3n) is 5.13. The van der Waals surface area contributed by atoms with Gasteiger partial charge in [0.1, 0.15) is 29.4 Å². The molecule has 0 aliphatic carbocycles. The Bertz CT molecular complexity index is 1170. The fourth-order valence-corrected chi connectivity index (χ4v) is 3.39. The van der Waals surface area contributed by atoms with Crippen LogP contribution in [-0.4, -0.2) is 51.3 Å². The van der Waals surface area contributed by atoms with Crippen molar-refractivity contribution in [1.29, 1.82) is 0 Å².